The average Bonchev–Trinajstić information content (AvgIpc) is 3.12. The van der Waals surface area contributed by atoms with Gasteiger partial charge in [0.1, 0.15) is 6.61 Å². The summed E-state index contributed by atoms with van der Waals surface area (Å²) in [4.78, 5) is 15.2. The summed E-state index contributed by atoms with van der Waals surface area (Å²) in [6.45, 7) is 0.199. The van der Waals surface area contributed by atoms with Crippen LogP contribution in [0.1, 0.15) is 43.4 Å². The highest BCUT2D eigenvalue weighted by Crippen LogP contribution is 2.33. The van der Waals surface area contributed by atoms with Gasteiger partial charge >= 0.3 is 5.97 Å². The lowest BCUT2D eigenvalue weighted by Crippen LogP contribution is -2.02. The third-order valence-electron chi connectivity index (χ3n) is 4.37. The predicted molar refractivity (Wildman–Crippen MR) is 99.0 cm³/mol. The zero-order chi connectivity index (χ0) is 18.4. The van der Waals surface area contributed by atoms with E-state index >= 15 is 0 Å². The van der Waals surface area contributed by atoms with Crippen LogP contribution in [0.15, 0.2) is 41.4 Å². The van der Waals surface area contributed by atoms with Crippen molar-refractivity contribution in [1.29, 1.82) is 0 Å². The van der Waals surface area contributed by atoms with Crippen molar-refractivity contribution in [2.45, 2.75) is 55.4 Å². The summed E-state index contributed by atoms with van der Waals surface area (Å²) in [5.41, 5.74) is 1.41. The van der Waals surface area contributed by atoms with Crippen molar-refractivity contribution < 1.29 is 19.0 Å². The van der Waals surface area contributed by atoms with E-state index in [9.17, 15) is 9.18 Å². The molecule has 138 valence electrons. The number of nitrogens with zero attached hydrogens (tertiary/aromatic N) is 1. The summed E-state index contributed by atoms with van der Waals surface area (Å²) in [5, 5.41) is 10.3. The fourth-order valence-corrected chi connectivity index (χ4v) is 4.24. The van der Waals surface area contributed by atoms with Crippen molar-refractivity contribution >= 4 is 17.7 Å². The number of rotatable bonds is 8. The van der Waals surface area contributed by atoms with E-state index in [1.54, 1.807) is 12.1 Å². The van der Waals surface area contributed by atoms with Gasteiger partial charge in [-0.25, -0.2) is 9.37 Å². The molecule has 4 nitrogen and oxygen atoms in total. The quantitative estimate of drug-likeness (QED) is 0.715. The Balaban J connectivity index is 1.57. The van der Waals surface area contributed by atoms with Gasteiger partial charge in [-0.05, 0) is 49.1 Å². The number of carboxylic acid groups (broad SMARTS) is 1. The van der Waals surface area contributed by atoms with Crippen LogP contribution in [0.5, 0.6) is 5.75 Å². The highest BCUT2D eigenvalue weighted by atomic mass is 32.2. The van der Waals surface area contributed by atoms with Crippen LogP contribution in [0, 0.1) is 5.82 Å². The number of carboxylic acids is 1. The van der Waals surface area contributed by atoms with E-state index < -0.39 is 11.8 Å². The number of aromatic nitrogens is 1. The van der Waals surface area contributed by atoms with E-state index in [4.69, 9.17) is 9.84 Å². The van der Waals surface area contributed by atoms with Gasteiger partial charge < -0.3 is 9.84 Å². The highest BCUT2D eigenvalue weighted by Gasteiger charge is 2.17. The SMILES string of the molecule is O=C(O)CCc1ccc(OCc2cccc(SC3CCCC3)n2)c(F)c1. The number of benzene rings is 1. The topological polar surface area (TPSA) is 59.4 Å². The summed E-state index contributed by atoms with van der Waals surface area (Å²) in [5.74, 6) is -1.23. The molecule has 0 saturated heterocycles. The van der Waals surface area contributed by atoms with Crippen LogP contribution < -0.4 is 4.74 Å². The fraction of sp³-hybridized carbons (Fsp3) is 0.400. The van der Waals surface area contributed by atoms with Crippen LogP contribution in [0.3, 0.4) is 0 Å². The number of ether oxygens (including phenoxy) is 1. The lowest BCUT2D eigenvalue weighted by molar-refractivity contribution is -0.136. The molecule has 1 aliphatic rings. The van der Waals surface area contributed by atoms with Gasteiger partial charge in [0.15, 0.2) is 11.6 Å². The number of pyridine rings is 1. The van der Waals surface area contributed by atoms with Crippen molar-refractivity contribution in [2.75, 3.05) is 0 Å². The first kappa shape index (κ1) is 18.7. The summed E-state index contributed by atoms with van der Waals surface area (Å²) in [6, 6.07) is 10.4. The minimum atomic E-state index is -0.896. The van der Waals surface area contributed by atoms with E-state index in [-0.39, 0.29) is 18.8 Å². The zero-order valence-corrected chi connectivity index (χ0v) is 15.3. The molecule has 1 fully saturated rings. The molecule has 2 aromatic rings. The van der Waals surface area contributed by atoms with E-state index in [0.29, 0.717) is 17.2 Å². The fourth-order valence-electron chi connectivity index (χ4n) is 3.00. The Labute approximate surface area is 156 Å². The Hall–Kier alpha value is -2.08. The van der Waals surface area contributed by atoms with Crippen molar-refractivity contribution in [1.82, 2.24) is 4.98 Å². The molecule has 1 aromatic carbocycles. The van der Waals surface area contributed by atoms with Crippen LogP contribution >= 0.6 is 11.8 Å². The van der Waals surface area contributed by atoms with Gasteiger partial charge in [-0.1, -0.05) is 25.0 Å². The number of halogens is 1. The summed E-state index contributed by atoms with van der Waals surface area (Å²) in [7, 11) is 0. The van der Waals surface area contributed by atoms with E-state index in [0.717, 1.165) is 10.7 Å². The molecule has 0 spiro atoms. The minimum Gasteiger partial charge on any atom is -0.484 e. The second kappa shape index (κ2) is 9.03. The number of aliphatic carboxylic acids is 1. The molecule has 0 radical (unpaired) electrons. The third-order valence-corrected chi connectivity index (χ3v) is 5.64. The molecule has 1 aromatic heterocycles. The molecule has 6 heteroatoms. The van der Waals surface area contributed by atoms with Crippen LogP contribution in [-0.4, -0.2) is 21.3 Å². The molecule has 0 bridgehead atoms. The van der Waals surface area contributed by atoms with Crippen molar-refractivity contribution in [3.8, 4) is 5.75 Å². The van der Waals surface area contributed by atoms with Gasteiger partial charge in [0.05, 0.1) is 10.7 Å². The predicted octanol–water partition coefficient (Wildman–Crippen LogP) is 4.85. The van der Waals surface area contributed by atoms with Gasteiger partial charge in [-0.15, -0.1) is 11.8 Å². The molecule has 26 heavy (non-hydrogen) atoms. The Bertz CT molecular complexity index is 762. The number of hydrogen-bond donors (Lipinski definition) is 1. The van der Waals surface area contributed by atoms with Crippen LogP contribution in [0.25, 0.3) is 0 Å². The van der Waals surface area contributed by atoms with Crippen molar-refractivity contribution in [3.63, 3.8) is 0 Å². The molecule has 0 aliphatic heterocycles. The van der Waals surface area contributed by atoms with Crippen molar-refractivity contribution in [3.05, 3.63) is 53.5 Å². The Morgan fingerprint density at radius 3 is 2.81 bits per heavy atom. The standard InChI is InChI=1S/C20H22FNO3S/c21-17-12-14(9-11-20(23)24)8-10-18(17)25-13-15-4-3-7-19(22-15)26-16-5-1-2-6-16/h3-4,7-8,10,12,16H,1-2,5-6,9,11,13H2,(H,23,24). The molecule has 1 heterocycles. The maximum absolute atomic E-state index is 14.1. The Kier molecular flexibility index (Phi) is 6.50. The van der Waals surface area contributed by atoms with Crippen LogP contribution in [-0.2, 0) is 17.8 Å². The average molecular weight is 375 g/mol. The zero-order valence-electron chi connectivity index (χ0n) is 14.5. The lowest BCUT2D eigenvalue weighted by atomic mass is 10.1. The molecule has 0 unspecified atom stereocenters. The Morgan fingerprint density at radius 2 is 2.08 bits per heavy atom. The second-order valence-corrected chi connectivity index (χ2v) is 7.76. The Morgan fingerprint density at radius 1 is 1.27 bits per heavy atom. The van der Waals surface area contributed by atoms with Gasteiger partial charge in [0.2, 0.25) is 0 Å². The normalized spacial score (nSPS) is 14.5. The van der Waals surface area contributed by atoms with E-state index in [2.05, 4.69) is 4.98 Å². The first-order valence-corrected chi connectivity index (χ1v) is 9.74. The number of carbonyl (C=O) groups is 1. The molecule has 0 amide bonds. The second-order valence-electron chi connectivity index (χ2n) is 6.44. The first-order chi connectivity index (χ1) is 12.6. The number of aryl methyl sites for hydroxylation is 1. The molecular formula is C20H22FNO3S. The van der Waals surface area contributed by atoms with Gasteiger partial charge in [0, 0.05) is 11.7 Å². The van der Waals surface area contributed by atoms with Gasteiger partial charge in [-0.2, -0.15) is 0 Å². The van der Waals surface area contributed by atoms with E-state index in [1.807, 2.05) is 30.0 Å². The van der Waals surface area contributed by atoms with Gasteiger partial charge in [0.25, 0.3) is 0 Å². The van der Waals surface area contributed by atoms with Crippen LogP contribution in [0.4, 0.5) is 4.39 Å². The number of thioether (sulfide) groups is 1. The van der Waals surface area contributed by atoms with Crippen LogP contribution in [0.2, 0.25) is 0 Å². The lowest BCUT2D eigenvalue weighted by Gasteiger charge is -2.11. The molecule has 1 aliphatic carbocycles. The summed E-state index contributed by atoms with van der Waals surface area (Å²) in [6.07, 6.45) is 5.35. The maximum atomic E-state index is 14.1. The van der Waals surface area contributed by atoms with Gasteiger partial charge in [-0.3, -0.25) is 4.79 Å². The molecule has 1 saturated carbocycles. The molecule has 0 atom stereocenters. The monoisotopic (exact) mass is 375 g/mol. The first-order valence-electron chi connectivity index (χ1n) is 8.86. The smallest absolute Gasteiger partial charge is 0.303 e. The minimum absolute atomic E-state index is 0.0188. The molecule has 1 N–H and O–H groups in total. The largest absolute Gasteiger partial charge is 0.484 e. The maximum Gasteiger partial charge on any atom is 0.303 e. The summed E-state index contributed by atoms with van der Waals surface area (Å²) < 4.78 is 19.7. The number of hydrogen-bond acceptors (Lipinski definition) is 4. The molecular weight excluding hydrogens is 353 g/mol. The summed E-state index contributed by atoms with van der Waals surface area (Å²) >= 11 is 1.81. The van der Waals surface area contributed by atoms with Crippen molar-refractivity contribution in [2.24, 2.45) is 0 Å². The third kappa shape index (κ3) is 5.46. The van der Waals surface area contributed by atoms with E-state index in [1.165, 1.54) is 31.7 Å². The molecule has 3 rings (SSSR count). The highest BCUT2D eigenvalue weighted by molar-refractivity contribution is 7.99.